The van der Waals surface area contributed by atoms with Crippen molar-refractivity contribution in [2.75, 3.05) is 46.3 Å². The smallest absolute Gasteiger partial charge is 0.0125 e. The molecular weight excluding hydrogens is 294 g/mol. The van der Waals surface area contributed by atoms with Gasteiger partial charge in [0.15, 0.2) is 0 Å². The van der Waals surface area contributed by atoms with Gasteiger partial charge in [0.25, 0.3) is 0 Å². The Labute approximate surface area is 151 Å². The molecule has 0 saturated carbocycles. The molecule has 2 heterocycles. The summed E-state index contributed by atoms with van der Waals surface area (Å²) in [6.45, 7) is 21.8. The van der Waals surface area contributed by atoms with Crippen LogP contribution >= 0.6 is 0 Å². The average molecular weight is 338 g/mol. The van der Waals surface area contributed by atoms with Crippen molar-refractivity contribution in [1.29, 1.82) is 0 Å². The van der Waals surface area contributed by atoms with E-state index in [-0.39, 0.29) is 0 Å². The molecule has 3 nitrogen and oxygen atoms in total. The van der Waals surface area contributed by atoms with Crippen molar-refractivity contribution in [3.05, 3.63) is 0 Å². The second kappa shape index (κ2) is 8.05. The highest BCUT2D eigenvalue weighted by Crippen LogP contribution is 2.26. The van der Waals surface area contributed by atoms with E-state index < -0.39 is 0 Å². The molecule has 0 aromatic heterocycles. The van der Waals surface area contributed by atoms with E-state index in [9.17, 15) is 0 Å². The van der Waals surface area contributed by atoms with Gasteiger partial charge in [-0.2, -0.15) is 0 Å². The Bertz CT molecular complexity index is 364. The molecule has 2 fully saturated rings. The SMILES string of the molecule is CN(CC1CCN(C(C)(C)C)CC1)C1CCN(CC(C)(C)C)CC1. The maximum atomic E-state index is 2.69. The summed E-state index contributed by atoms with van der Waals surface area (Å²) in [4.78, 5) is 8.02. The Kier molecular flexibility index (Phi) is 6.78. The highest BCUT2D eigenvalue weighted by molar-refractivity contribution is 4.85. The van der Waals surface area contributed by atoms with Crippen LogP contribution in [-0.2, 0) is 0 Å². The minimum Gasteiger partial charge on any atom is -0.303 e. The van der Waals surface area contributed by atoms with Crippen LogP contribution in [-0.4, -0.2) is 72.6 Å². The van der Waals surface area contributed by atoms with Crippen LogP contribution in [0, 0.1) is 11.3 Å². The molecule has 2 saturated heterocycles. The van der Waals surface area contributed by atoms with Gasteiger partial charge in [0.05, 0.1) is 0 Å². The summed E-state index contributed by atoms with van der Waals surface area (Å²) in [6, 6.07) is 0.807. The van der Waals surface area contributed by atoms with Gasteiger partial charge in [-0.1, -0.05) is 20.8 Å². The maximum absolute atomic E-state index is 2.69. The van der Waals surface area contributed by atoms with Crippen LogP contribution in [0.2, 0.25) is 0 Å². The summed E-state index contributed by atoms with van der Waals surface area (Å²) < 4.78 is 0. The Morgan fingerprint density at radius 3 is 1.83 bits per heavy atom. The predicted octanol–water partition coefficient (Wildman–Crippen LogP) is 3.94. The second-order valence-electron chi connectivity index (χ2n) is 10.6. The number of nitrogens with zero attached hydrogens (tertiary/aromatic N) is 3. The van der Waals surface area contributed by atoms with Crippen molar-refractivity contribution in [1.82, 2.24) is 14.7 Å². The van der Waals surface area contributed by atoms with E-state index >= 15 is 0 Å². The maximum Gasteiger partial charge on any atom is 0.0125 e. The van der Waals surface area contributed by atoms with Crippen molar-refractivity contribution < 1.29 is 0 Å². The van der Waals surface area contributed by atoms with Gasteiger partial charge in [0, 0.05) is 24.7 Å². The van der Waals surface area contributed by atoms with Crippen LogP contribution in [0.15, 0.2) is 0 Å². The number of hydrogen-bond acceptors (Lipinski definition) is 3. The van der Waals surface area contributed by atoms with E-state index in [1.54, 1.807) is 0 Å². The molecule has 0 aliphatic carbocycles. The Hall–Kier alpha value is -0.120. The summed E-state index contributed by atoms with van der Waals surface area (Å²) in [5, 5.41) is 0. The summed E-state index contributed by atoms with van der Waals surface area (Å²) >= 11 is 0. The molecule has 0 radical (unpaired) electrons. The van der Waals surface area contributed by atoms with Crippen LogP contribution in [0.1, 0.15) is 67.2 Å². The van der Waals surface area contributed by atoms with E-state index in [0.717, 1.165) is 12.0 Å². The van der Waals surface area contributed by atoms with Crippen LogP contribution in [0.25, 0.3) is 0 Å². The molecule has 0 N–H and O–H groups in total. The first kappa shape index (κ1) is 20.2. The number of rotatable bonds is 4. The quantitative estimate of drug-likeness (QED) is 0.769. The number of likely N-dealkylation sites (tertiary alicyclic amines) is 2. The first-order valence-electron chi connectivity index (χ1n) is 10.2. The van der Waals surface area contributed by atoms with E-state index in [1.165, 1.54) is 65.0 Å². The second-order valence-corrected chi connectivity index (χ2v) is 10.6. The zero-order chi connectivity index (χ0) is 18.0. The molecule has 24 heavy (non-hydrogen) atoms. The van der Waals surface area contributed by atoms with Crippen molar-refractivity contribution in [2.24, 2.45) is 11.3 Å². The van der Waals surface area contributed by atoms with Gasteiger partial charge in [0.2, 0.25) is 0 Å². The largest absolute Gasteiger partial charge is 0.303 e. The minimum absolute atomic E-state index is 0.344. The first-order chi connectivity index (χ1) is 11.0. The van der Waals surface area contributed by atoms with Crippen molar-refractivity contribution >= 4 is 0 Å². The molecule has 0 unspecified atom stereocenters. The lowest BCUT2D eigenvalue weighted by Gasteiger charge is -2.43. The lowest BCUT2D eigenvalue weighted by Crippen LogP contribution is -2.49. The highest BCUT2D eigenvalue weighted by atomic mass is 15.2. The van der Waals surface area contributed by atoms with Gasteiger partial charge in [-0.15, -0.1) is 0 Å². The Morgan fingerprint density at radius 1 is 0.833 bits per heavy atom. The van der Waals surface area contributed by atoms with Gasteiger partial charge in [0.1, 0.15) is 0 Å². The monoisotopic (exact) mass is 337 g/mol. The topological polar surface area (TPSA) is 9.72 Å². The zero-order valence-electron chi connectivity index (χ0n) is 17.6. The first-order valence-corrected chi connectivity index (χ1v) is 10.2. The van der Waals surface area contributed by atoms with Crippen molar-refractivity contribution in [3.8, 4) is 0 Å². The highest BCUT2D eigenvalue weighted by Gasteiger charge is 2.30. The molecule has 0 amide bonds. The van der Waals surface area contributed by atoms with Gasteiger partial charge in [-0.25, -0.2) is 0 Å². The standard InChI is InChI=1S/C21H43N3/c1-20(2,3)17-23-12-10-19(11-13-23)22(7)16-18-8-14-24(15-9-18)21(4,5)6/h18-19H,8-17H2,1-7H3. The lowest BCUT2D eigenvalue weighted by molar-refractivity contribution is 0.0581. The average Bonchev–Trinajstić information content (AvgIpc) is 2.46. The third-order valence-electron chi connectivity index (χ3n) is 5.99. The molecule has 0 aromatic carbocycles. The fourth-order valence-electron chi connectivity index (χ4n) is 4.53. The van der Waals surface area contributed by atoms with E-state index in [1.807, 2.05) is 0 Å². The predicted molar refractivity (Wildman–Crippen MR) is 106 cm³/mol. The third kappa shape index (κ3) is 6.31. The van der Waals surface area contributed by atoms with E-state index in [2.05, 4.69) is 63.3 Å². The number of hydrogen-bond donors (Lipinski definition) is 0. The summed E-state index contributed by atoms with van der Waals surface area (Å²) in [7, 11) is 2.38. The van der Waals surface area contributed by atoms with Crippen LogP contribution in [0.4, 0.5) is 0 Å². The Morgan fingerprint density at radius 2 is 1.38 bits per heavy atom. The molecule has 2 aliphatic heterocycles. The summed E-state index contributed by atoms with van der Waals surface area (Å²) in [6.07, 6.45) is 5.47. The Balaban J connectivity index is 1.70. The van der Waals surface area contributed by atoms with Crippen LogP contribution in [0.3, 0.4) is 0 Å². The molecular formula is C21H43N3. The molecule has 2 aliphatic rings. The zero-order valence-corrected chi connectivity index (χ0v) is 17.6. The van der Waals surface area contributed by atoms with Crippen molar-refractivity contribution in [2.45, 2.75) is 78.8 Å². The molecule has 142 valence electrons. The fraction of sp³-hybridized carbons (Fsp3) is 1.00. The molecule has 0 aromatic rings. The van der Waals surface area contributed by atoms with Gasteiger partial charge in [-0.05, 0) is 91.0 Å². The van der Waals surface area contributed by atoms with Crippen LogP contribution in [0.5, 0.6) is 0 Å². The van der Waals surface area contributed by atoms with Crippen LogP contribution < -0.4 is 0 Å². The van der Waals surface area contributed by atoms with E-state index in [4.69, 9.17) is 0 Å². The molecule has 2 rings (SSSR count). The molecule has 0 bridgehead atoms. The molecule has 3 heteroatoms. The summed E-state index contributed by atoms with van der Waals surface area (Å²) in [5.74, 6) is 0.904. The normalized spacial score (nSPS) is 24.0. The molecule has 0 atom stereocenters. The lowest BCUT2D eigenvalue weighted by atomic mass is 9.91. The van der Waals surface area contributed by atoms with Gasteiger partial charge < -0.3 is 9.80 Å². The minimum atomic E-state index is 0.344. The van der Waals surface area contributed by atoms with Crippen molar-refractivity contribution in [3.63, 3.8) is 0 Å². The van der Waals surface area contributed by atoms with E-state index in [0.29, 0.717) is 11.0 Å². The van der Waals surface area contributed by atoms with Gasteiger partial charge >= 0.3 is 0 Å². The number of piperidine rings is 2. The molecule has 0 spiro atoms. The fourth-order valence-corrected chi connectivity index (χ4v) is 4.53. The van der Waals surface area contributed by atoms with Gasteiger partial charge in [-0.3, -0.25) is 4.90 Å². The summed E-state index contributed by atoms with van der Waals surface area (Å²) in [5.41, 5.74) is 0.774. The third-order valence-corrected chi connectivity index (χ3v) is 5.99.